The van der Waals surface area contributed by atoms with E-state index in [0.717, 1.165) is 0 Å². The second kappa shape index (κ2) is 7.92. The molecule has 0 spiro atoms. The summed E-state index contributed by atoms with van der Waals surface area (Å²) in [5, 5.41) is 0.904. The van der Waals surface area contributed by atoms with Crippen LogP contribution < -0.4 is 20.7 Å². The van der Waals surface area contributed by atoms with Crippen molar-refractivity contribution in [1.29, 1.82) is 0 Å². The van der Waals surface area contributed by atoms with E-state index in [1.54, 1.807) is 12.1 Å². The molecule has 3 rings (SSSR count). The van der Waals surface area contributed by atoms with E-state index in [1.807, 2.05) is 0 Å². The van der Waals surface area contributed by atoms with Crippen LogP contribution in [-0.4, -0.2) is 29.1 Å². The number of hydrogen-bond acceptors (Lipinski definition) is 7. The van der Waals surface area contributed by atoms with Gasteiger partial charge in [-0.05, 0) is 30.3 Å². The molecule has 0 saturated carbocycles. The molecule has 0 aliphatic rings. The SMILES string of the molecule is COc1cc2c(=O)oc3cc(CCO[Si](C)(C)C(C)(C)C)oc(=O)c3c2cc1OC. The predicted molar refractivity (Wildman–Crippen MR) is 118 cm³/mol. The van der Waals surface area contributed by atoms with E-state index in [2.05, 4.69) is 33.9 Å². The molecule has 0 bridgehead atoms. The lowest BCUT2D eigenvalue weighted by atomic mass is 10.1. The molecule has 0 amide bonds. The Kier molecular flexibility index (Phi) is 5.84. The Morgan fingerprint density at radius 2 is 1.50 bits per heavy atom. The summed E-state index contributed by atoms with van der Waals surface area (Å²) in [5.41, 5.74) is -0.957. The number of hydrogen-bond donors (Lipinski definition) is 0. The van der Waals surface area contributed by atoms with Gasteiger partial charge in [-0.1, -0.05) is 20.8 Å². The van der Waals surface area contributed by atoms with E-state index in [-0.39, 0.29) is 21.4 Å². The molecule has 8 heteroatoms. The van der Waals surface area contributed by atoms with E-state index in [4.69, 9.17) is 22.7 Å². The highest BCUT2D eigenvalue weighted by Crippen LogP contribution is 2.37. The first-order valence-electron chi connectivity index (χ1n) is 9.78. The maximum Gasteiger partial charge on any atom is 0.347 e. The van der Waals surface area contributed by atoms with Crippen molar-refractivity contribution in [3.05, 3.63) is 44.8 Å². The molecule has 30 heavy (non-hydrogen) atoms. The van der Waals surface area contributed by atoms with E-state index >= 15 is 0 Å². The van der Waals surface area contributed by atoms with Gasteiger partial charge in [-0.25, -0.2) is 9.59 Å². The van der Waals surface area contributed by atoms with Crippen molar-refractivity contribution in [2.45, 2.75) is 45.3 Å². The van der Waals surface area contributed by atoms with Gasteiger partial charge in [0.1, 0.15) is 16.7 Å². The third kappa shape index (κ3) is 4.02. The van der Waals surface area contributed by atoms with Gasteiger partial charge in [0, 0.05) is 24.5 Å². The van der Waals surface area contributed by atoms with Gasteiger partial charge in [-0.3, -0.25) is 0 Å². The lowest BCUT2D eigenvalue weighted by Crippen LogP contribution is -2.41. The normalized spacial score (nSPS) is 12.5. The highest BCUT2D eigenvalue weighted by atomic mass is 28.4. The van der Waals surface area contributed by atoms with Gasteiger partial charge >= 0.3 is 11.3 Å². The van der Waals surface area contributed by atoms with Crippen molar-refractivity contribution >= 4 is 30.1 Å². The molecule has 0 N–H and O–H groups in total. The van der Waals surface area contributed by atoms with Crippen LogP contribution in [0.3, 0.4) is 0 Å². The zero-order chi connectivity index (χ0) is 22.3. The first-order valence-corrected chi connectivity index (χ1v) is 12.7. The van der Waals surface area contributed by atoms with Crippen LogP contribution in [0.1, 0.15) is 26.5 Å². The van der Waals surface area contributed by atoms with Crippen molar-refractivity contribution in [2.24, 2.45) is 0 Å². The van der Waals surface area contributed by atoms with Crippen LogP contribution in [0.5, 0.6) is 11.5 Å². The van der Waals surface area contributed by atoms with Crippen LogP contribution >= 0.6 is 0 Å². The van der Waals surface area contributed by atoms with Crippen LogP contribution in [0, 0.1) is 0 Å². The van der Waals surface area contributed by atoms with Crippen molar-refractivity contribution in [3.63, 3.8) is 0 Å². The number of methoxy groups -OCH3 is 2. The minimum absolute atomic E-state index is 0.0864. The number of benzene rings is 1. The molecule has 0 saturated heterocycles. The highest BCUT2D eigenvalue weighted by molar-refractivity contribution is 6.74. The second-order valence-electron chi connectivity index (χ2n) is 8.74. The minimum Gasteiger partial charge on any atom is -0.493 e. The molecule has 3 aromatic rings. The zero-order valence-electron chi connectivity index (χ0n) is 18.5. The fourth-order valence-electron chi connectivity index (χ4n) is 3.00. The monoisotopic (exact) mass is 432 g/mol. The Morgan fingerprint density at radius 1 is 0.900 bits per heavy atom. The average Bonchev–Trinajstić information content (AvgIpc) is 2.65. The van der Waals surface area contributed by atoms with Gasteiger partial charge in [-0.2, -0.15) is 0 Å². The molecule has 0 fully saturated rings. The molecular weight excluding hydrogens is 404 g/mol. The molecule has 0 atom stereocenters. The molecular formula is C22H28O7Si. The fourth-order valence-corrected chi connectivity index (χ4v) is 4.04. The van der Waals surface area contributed by atoms with Crippen molar-refractivity contribution in [3.8, 4) is 11.5 Å². The Balaban J connectivity index is 2.03. The quantitative estimate of drug-likeness (QED) is 0.419. The van der Waals surface area contributed by atoms with Crippen LogP contribution in [0.2, 0.25) is 18.1 Å². The summed E-state index contributed by atoms with van der Waals surface area (Å²) in [6.07, 6.45) is 0.408. The largest absolute Gasteiger partial charge is 0.493 e. The van der Waals surface area contributed by atoms with Crippen LogP contribution in [0.25, 0.3) is 21.7 Å². The summed E-state index contributed by atoms with van der Waals surface area (Å²) >= 11 is 0. The predicted octanol–water partition coefficient (Wildman–Crippen LogP) is 4.48. The molecule has 0 aliphatic heterocycles. The van der Waals surface area contributed by atoms with Gasteiger partial charge in [0.15, 0.2) is 19.8 Å². The van der Waals surface area contributed by atoms with Crippen molar-refractivity contribution < 1.29 is 22.7 Å². The Hall–Kier alpha value is -2.58. The summed E-state index contributed by atoms with van der Waals surface area (Å²) in [6, 6.07) is 4.67. The first kappa shape index (κ1) is 22.1. The Morgan fingerprint density at radius 3 is 2.07 bits per heavy atom. The smallest absolute Gasteiger partial charge is 0.347 e. The van der Waals surface area contributed by atoms with Gasteiger partial charge in [-0.15, -0.1) is 0 Å². The van der Waals surface area contributed by atoms with Gasteiger partial charge < -0.3 is 22.7 Å². The number of rotatable bonds is 6. The van der Waals surface area contributed by atoms with Crippen molar-refractivity contribution in [1.82, 2.24) is 0 Å². The zero-order valence-corrected chi connectivity index (χ0v) is 19.5. The fraction of sp³-hybridized carbons (Fsp3) is 0.455. The number of ether oxygens (including phenoxy) is 2. The second-order valence-corrected chi connectivity index (χ2v) is 13.5. The summed E-state index contributed by atoms with van der Waals surface area (Å²) in [5.74, 6) is 1.19. The van der Waals surface area contributed by atoms with Crippen molar-refractivity contribution in [2.75, 3.05) is 20.8 Å². The van der Waals surface area contributed by atoms with Gasteiger partial charge in [0.05, 0.1) is 19.6 Å². The number of fused-ring (bicyclic) bond motifs is 3. The van der Waals surface area contributed by atoms with E-state index < -0.39 is 19.6 Å². The first-order chi connectivity index (χ1) is 14.0. The molecule has 2 aromatic heterocycles. The summed E-state index contributed by atoms with van der Waals surface area (Å²) in [6.45, 7) is 11.2. The van der Waals surface area contributed by atoms with Crippen LogP contribution in [-0.2, 0) is 10.8 Å². The molecule has 2 heterocycles. The average molecular weight is 433 g/mol. The summed E-state index contributed by atoms with van der Waals surface area (Å²) in [4.78, 5) is 25.3. The minimum atomic E-state index is -1.91. The topological polar surface area (TPSA) is 88.1 Å². The standard InChI is InChI=1S/C22H28O7Si/c1-22(2,3)30(6,7)27-9-8-13-10-18-19(21(24)28-13)14-11-16(25-4)17(26-5)12-15(14)20(23)29-18/h10-12H,8-9H2,1-7H3. The summed E-state index contributed by atoms with van der Waals surface area (Å²) < 4.78 is 27.6. The third-order valence-corrected chi connectivity index (χ3v) is 10.3. The lowest BCUT2D eigenvalue weighted by Gasteiger charge is -2.36. The molecule has 162 valence electrons. The summed E-state index contributed by atoms with van der Waals surface area (Å²) in [7, 11) is 1.05. The molecule has 0 unspecified atom stereocenters. The van der Waals surface area contributed by atoms with Gasteiger partial charge in [0.2, 0.25) is 0 Å². The molecule has 7 nitrogen and oxygen atoms in total. The maximum atomic E-state index is 12.8. The molecule has 0 radical (unpaired) electrons. The highest BCUT2D eigenvalue weighted by Gasteiger charge is 2.36. The maximum absolute atomic E-state index is 12.8. The third-order valence-electron chi connectivity index (χ3n) is 5.80. The van der Waals surface area contributed by atoms with E-state index in [9.17, 15) is 9.59 Å². The lowest BCUT2D eigenvalue weighted by molar-refractivity contribution is 0.279. The molecule has 0 aliphatic carbocycles. The Labute approximate surface area is 175 Å². The Bertz CT molecular complexity index is 1200. The van der Waals surface area contributed by atoms with Crippen LogP contribution in [0.15, 0.2) is 36.6 Å². The van der Waals surface area contributed by atoms with Gasteiger partial charge in [0.25, 0.3) is 0 Å². The van der Waals surface area contributed by atoms with E-state index in [0.29, 0.717) is 35.7 Å². The molecule has 1 aromatic carbocycles. The van der Waals surface area contributed by atoms with Crippen LogP contribution in [0.4, 0.5) is 0 Å². The van der Waals surface area contributed by atoms with E-state index in [1.165, 1.54) is 20.3 Å².